The van der Waals surface area contributed by atoms with Crippen LogP contribution in [0.25, 0.3) is 0 Å². The molecule has 1 saturated heterocycles. The van der Waals surface area contributed by atoms with E-state index in [1.165, 1.54) is 16.4 Å². The van der Waals surface area contributed by atoms with Crippen molar-refractivity contribution in [1.82, 2.24) is 9.21 Å². The van der Waals surface area contributed by atoms with Gasteiger partial charge in [-0.25, -0.2) is 8.42 Å². The van der Waals surface area contributed by atoms with E-state index in [9.17, 15) is 23.3 Å². The molecule has 2 atom stereocenters. The maximum Gasteiger partial charge on any atom is 0.312 e. The first-order valence-corrected chi connectivity index (χ1v) is 11.3. The van der Waals surface area contributed by atoms with E-state index < -0.39 is 20.6 Å². The van der Waals surface area contributed by atoms with Crippen molar-refractivity contribution in [2.45, 2.75) is 63.9 Å². The zero-order chi connectivity index (χ0) is 21.8. The molecule has 0 N–H and O–H groups in total. The quantitative estimate of drug-likeness (QED) is 0.466. The molecule has 1 amide bonds. The number of ether oxygens (including phenoxy) is 1. The maximum atomic E-state index is 12.6. The molecule has 1 aromatic rings. The third kappa shape index (κ3) is 5.05. The van der Waals surface area contributed by atoms with Gasteiger partial charge in [-0.3, -0.25) is 14.9 Å². The lowest BCUT2D eigenvalue weighted by Crippen LogP contribution is -2.49. The van der Waals surface area contributed by atoms with Gasteiger partial charge in [0.15, 0.2) is 12.4 Å². The van der Waals surface area contributed by atoms with Crippen molar-refractivity contribution in [2.75, 3.05) is 19.7 Å². The molecule has 10 heteroatoms. The first-order valence-electron chi connectivity index (χ1n) is 9.86. The molecule has 1 aromatic carbocycles. The van der Waals surface area contributed by atoms with Crippen LogP contribution < -0.4 is 4.74 Å². The first kappa shape index (κ1) is 23.1. The fourth-order valence-electron chi connectivity index (χ4n) is 3.76. The Labute approximate surface area is 171 Å². The molecule has 1 aliphatic rings. The molecule has 0 aromatic heterocycles. The molecule has 162 valence electrons. The lowest BCUT2D eigenvalue weighted by molar-refractivity contribution is -0.386. The smallest absolute Gasteiger partial charge is 0.312 e. The van der Waals surface area contributed by atoms with Crippen molar-refractivity contribution < 1.29 is 22.9 Å². The van der Waals surface area contributed by atoms with Gasteiger partial charge in [-0.15, -0.1) is 0 Å². The summed E-state index contributed by atoms with van der Waals surface area (Å²) in [6.45, 7) is 7.52. The highest BCUT2D eigenvalue weighted by Crippen LogP contribution is 2.31. The van der Waals surface area contributed by atoms with E-state index in [0.29, 0.717) is 0 Å². The Morgan fingerprint density at radius 3 is 2.34 bits per heavy atom. The fraction of sp³-hybridized carbons (Fsp3) is 0.632. The van der Waals surface area contributed by atoms with E-state index in [4.69, 9.17) is 4.74 Å². The average molecular weight is 428 g/mol. The van der Waals surface area contributed by atoms with E-state index in [1.807, 2.05) is 13.8 Å². The first-order chi connectivity index (χ1) is 13.6. The third-order valence-corrected chi connectivity index (χ3v) is 7.35. The molecule has 0 spiro atoms. The second-order valence-corrected chi connectivity index (χ2v) is 9.13. The molecule has 1 heterocycles. The number of nitro benzene ring substituents is 1. The molecule has 9 nitrogen and oxygen atoms in total. The van der Waals surface area contributed by atoms with Crippen LogP contribution >= 0.6 is 0 Å². The van der Waals surface area contributed by atoms with Gasteiger partial charge < -0.3 is 9.64 Å². The number of hydrogen-bond donors (Lipinski definition) is 0. The molecule has 0 bridgehead atoms. The monoisotopic (exact) mass is 427 g/mol. The largest absolute Gasteiger partial charge is 0.477 e. The minimum atomic E-state index is -3.84. The molecule has 0 radical (unpaired) electrons. The third-order valence-electron chi connectivity index (χ3n) is 5.30. The van der Waals surface area contributed by atoms with Gasteiger partial charge in [0, 0.05) is 31.2 Å². The Hall–Kier alpha value is -2.20. The van der Waals surface area contributed by atoms with Gasteiger partial charge in [0.25, 0.3) is 5.91 Å². The van der Waals surface area contributed by atoms with E-state index >= 15 is 0 Å². The topological polar surface area (TPSA) is 110 Å². The minimum Gasteiger partial charge on any atom is -0.477 e. The number of likely N-dealkylation sites (tertiary alicyclic amines) is 1. The van der Waals surface area contributed by atoms with E-state index in [2.05, 4.69) is 0 Å². The van der Waals surface area contributed by atoms with E-state index in [-0.39, 0.29) is 48.3 Å². The Morgan fingerprint density at radius 2 is 1.83 bits per heavy atom. The van der Waals surface area contributed by atoms with Crippen LogP contribution in [0.5, 0.6) is 5.75 Å². The van der Waals surface area contributed by atoms with E-state index in [1.54, 1.807) is 18.7 Å². The molecule has 0 unspecified atom stereocenters. The number of nitrogens with zero attached hydrogens (tertiary/aromatic N) is 3. The normalized spacial score (nSPS) is 20.0. The highest BCUT2D eigenvalue weighted by molar-refractivity contribution is 7.89. The molecule has 0 saturated carbocycles. The van der Waals surface area contributed by atoms with Crippen molar-refractivity contribution in [3.8, 4) is 5.75 Å². The summed E-state index contributed by atoms with van der Waals surface area (Å²) in [7, 11) is -3.84. The van der Waals surface area contributed by atoms with Crippen LogP contribution in [0.3, 0.4) is 0 Å². The molecule has 1 fully saturated rings. The summed E-state index contributed by atoms with van der Waals surface area (Å²) in [4.78, 5) is 25.0. The standard InChI is InChI=1S/C19H29N3O6S/c1-5-20(6-2)29(26,27)16-10-11-18(17(12-16)22(24)25)28-13-19(23)21-14(3)8-7-9-15(21)4/h10-12,14-15H,5-9,13H2,1-4H3/t14-,15-/m1/s1. The second-order valence-electron chi connectivity index (χ2n) is 7.19. The van der Waals surface area contributed by atoms with Gasteiger partial charge >= 0.3 is 5.69 Å². The Kier molecular flexibility index (Phi) is 7.59. The lowest BCUT2D eigenvalue weighted by atomic mass is 9.97. The highest BCUT2D eigenvalue weighted by atomic mass is 32.2. The van der Waals surface area contributed by atoms with Gasteiger partial charge in [-0.1, -0.05) is 13.8 Å². The zero-order valence-corrected chi connectivity index (χ0v) is 18.1. The van der Waals surface area contributed by atoms with Crippen LogP contribution in [-0.4, -0.2) is 60.2 Å². The predicted molar refractivity (Wildman–Crippen MR) is 108 cm³/mol. The van der Waals surface area contributed by atoms with Crippen LogP contribution in [-0.2, 0) is 14.8 Å². The van der Waals surface area contributed by atoms with Crippen molar-refractivity contribution in [3.05, 3.63) is 28.3 Å². The lowest BCUT2D eigenvalue weighted by Gasteiger charge is -2.38. The zero-order valence-electron chi connectivity index (χ0n) is 17.3. The number of carbonyl (C=O) groups excluding carboxylic acids is 1. The predicted octanol–water partition coefficient (Wildman–Crippen LogP) is 2.79. The van der Waals surface area contributed by atoms with Crippen LogP contribution in [0.2, 0.25) is 0 Å². The SMILES string of the molecule is CCN(CC)S(=O)(=O)c1ccc(OCC(=O)N2[C@H](C)CCC[C@H]2C)c([N+](=O)[O-])c1. The van der Waals surface area contributed by atoms with Crippen LogP contribution in [0.4, 0.5) is 5.69 Å². The number of sulfonamides is 1. The highest BCUT2D eigenvalue weighted by Gasteiger charge is 2.30. The molecule has 1 aliphatic heterocycles. The van der Waals surface area contributed by atoms with E-state index in [0.717, 1.165) is 25.3 Å². The van der Waals surface area contributed by atoms with Gasteiger partial charge in [0.2, 0.25) is 10.0 Å². The van der Waals surface area contributed by atoms with Crippen LogP contribution in [0.15, 0.2) is 23.1 Å². The average Bonchev–Trinajstić information content (AvgIpc) is 2.66. The van der Waals surface area contributed by atoms with Crippen molar-refractivity contribution in [3.63, 3.8) is 0 Å². The number of hydrogen-bond acceptors (Lipinski definition) is 6. The molecular weight excluding hydrogens is 398 g/mol. The summed E-state index contributed by atoms with van der Waals surface area (Å²) < 4.78 is 31.9. The van der Waals surface area contributed by atoms with Crippen molar-refractivity contribution in [1.29, 1.82) is 0 Å². The van der Waals surface area contributed by atoms with Crippen molar-refractivity contribution >= 4 is 21.6 Å². The second kappa shape index (κ2) is 9.53. The Bertz CT molecular complexity index is 844. The summed E-state index contributed by atoms with van der Waals surface area (Å²) in [5.74, 6) is -0.363. The summed E-state index contributed by atoms with van der Waals surface area (Å²) in [5, 5.41) is 11.5. The maximum absolute atomic E-state index is 12.6. The van der Waals surface area contributed by atoms with Gasteiger partial charge in [0.1, 0.15) is 0 Å². The van der Waals surface area contributed by atoms with Gasteiger partial charge in [-0.05, 0) is 45.2 Å². The number of nitro groups is 1. The van der Waals surface area contributed by atoms with Crippen LogP contribution in [0.1, 0.15) is 47.0 Å². The Morgan fingerprint density at radius 1 is 1.24 bits per heavy atom. The number of rotatable bonds is 8. The summed E-state index contributed by atoms with van der Waals surface area (Å²) in [6.07, 6.45) is 2.88. The number of piperidine rings is 1. The number of carbonyl (C=O) groups is 1. The summed E-state index contributed by atoms with van der Waals surface area (Å²) in [6, 6.07) is 3.68. The Balaban J connectivity index is 2.23. The minimum absolute atomic E-state index is 0.0893. The summed E-state index contributed by atoms with van der Waals surface area (Å²) in [5.41, 5.74) is -0.481. The molecule has 2 rings (SSSR count). The van der Waals surface area contributed by atoms with Crippen molar-refractivity contribution in [2.24, 2.45) is 0 Å². The molecule has 29 heavy (non-hydrogen) atoms. The molecule has 0 aliphatic carbocycles. The van der Waals surface area contributed by atoms with Crippen LogP contribution in [0, 0.1) is 10.1 Å². The fourth-order valence-corrected chi connectivity index (χ4v) is 5.24. The number of amides is 1. The van der Waals surface area contributed by atoms with Gasteiger partial charge in [0.05, 0.1) is 9.82 Å². The molecular formula is C19H29N3O6S. The number of benzene rings is 1. The van der Waals surface area contributed by atoms with Gasteiger partial charge in [-0.2, -0.15) is 4.31 Å². The summed E-state index contributed by atoms with van der Waals surface area (Å²) >= 11 is 0.